The molecule has 0 aliphatic carbocycles. The fourth-order valence-electron chi connectivity index (χ4n) is 1.99. The van der Waals surface area contributed by atoms with E-state index in [1.807, 2.05) is 27.7 Å². The molecule has 8 heteroatoms. The molecule has 1 aromatic heterocycles. The van der Waals surface area contributed by atoms with E-state index in [0.717, 1.165) is 5.01 Å². The Hall–Kier alpha value is -1.70. The van der Waals surface area contributed by atoms with E-state index in [1.165, 1.54) is 28.1 Å². The Morgan fingerprint density at radius 3 is 2.43 bits per heavy atom. The van der Waals surface area contributed by atoms with E-state index in [-0.39, 0.29) is 17.5 Å². The summed E-state index contributed by atoms with van der Waals surface area (Å²) in [6, 6.07) is -0.492. The van der Waals surface area contributed by atoms with Crippen molar-refractivity contribution in [1.82, 2.24) is 15.1 Å². The fourth-order valence-corrected chi connectivity index (χ4v) is 2.91. The van der Waals surface area contributed by atoms with Gasteiger partial charge in [-0.3, -0.25) is 4.79 Å². The molecule has 0 radical (unpaired) electrons. The Bertz CT molecular complexity index is 566. The molecule has 21 heavy (non-hydrogen) atoms. The molecular formula is C13H20N4O3S. The quantitative estimate of drug-likeness (QED) is 0.781. The van der Waals surface area contributed by atoms with Gasteiger partial charge in [0.2, 0.25) is 11.4 Å². The SMILES string of the molecule is CC(=O)O[C@@H]1[C@@H](C)N(C)C(=O)N1c1nnc(C(C)(C)C)s1. The van der Waals surface area contributed by atoms with E-state index in [1.54, 1.807) is 7.05 Å². The van der Waals surface area contributed by atoms with Crippen LogP contribution in [0.4, 0.5) is 9.93 Å². The number of hydrogen-bond acceptors (Lipinski definition) is 6. The molecule has 0 aromatic carbocycles. The number of carbonyl (C=O) groups is 2. The van der Waals surface area contributed by atoms with Crippen molar-refractivity contribution in [3.05, 3.63) is 5.01 Å². The lowest BCUT2D eigenvalue weighted by atomic mass is 9.98. The molecule has 7 nitrogen and oxygen atoms in total. The number of esters is 1. The Balaban J connectivity index is 2.37. The Morgan fingerprint density at radius 1 is 1.33 bits per heavy atom. The molecule has 2 heterocycles. The smallest absolute Gasteiger partial charge is 0.329 e. The molecule has 0 saturated carbocycles. The van der Waals surface area contributed by atoms with E-state index in [0.29, 0.717) is 5.13 Å². The first kappa shape index (κ1) is 15.7. The van der Waals surface area contributed by atoms with Crippen molar-refractivity contribution < 1.29 is 14.3 Å². The van der Waals surface area contributed by atoms with Gasteiger partial charge in [-0.05, 0) is 6.92 Å². The lowest BCUT2D eigenvalue weighted by Crippen LogP contribution is -2.39. The first-order chi connectivity index (χ1) is 9.62. The number of rotatable bonds is 2. The Morgan fingerprint density at radius 2 is 1.95 bits per heavy atom. The summed E-state index contributed by atoms with van der Waals surface area (Å²) in [5, 5.41) is 9.52. The highest BCUT2D eigenvalue weighted by Crippen LogP contribution is 2.34. The minimum absolute atomic E-state index is 0.146. The number of amides is 2. The predicted molar refractivity (Wildman–Crippen MR) is 79.3 cm³/mol. The number of likely N-dealkylation sites (N-methyl/N-ethyl adjacent to an activating group) is 1. The second-order valence-corrected chi connectivity index (χ2v) is 7.10. The van der Waals surface area contributed by atoms with Crippen LogP contribution in [0, 0.1) is 0 Å². The van der Waals surface area contributed by atoms with Gasteiger partial charge in [0.15, 0.2) is 0 Å². The first-order valence-electron chi connectivity index (χ1n) is 6.70. The molecule has 1 fully saturated rings. The summed E-state index contributed by atoms with van der Waals surface area (Å²) in [5.41, 5.74) is -0.146. The molecule has 2 atom stereocenters. The molecule has 1 aliphatic rings. The first-order valence-corrected chi connectivity index (χ1v) is 7.52. The van der Waals surface area contributed by atoms with Crippen LogP contribution < -0.4 is 4.90 Å². The third kappa shape index (κ3) is 2.85. The second-order valence-electron chi connectivity index (χ2n) is 6.14. The number of urea groups is 1. The number of anilines is 1. The van der Waals surface area contributed by atoms with Gasteiger partial charge in [-0.1, -0.05) is 32.1 Å². The standard InChI is InChI=1S/C13H20N4O3S/c1-7-9(20-8(2)18)17(12(19)16(7)6)11-15-14-10(21-11)13(3,4)5/h7,9H,1-6H3/t7-,9-/m1/s1. The summed E-state index contributed by atoms with van der Waals surface area (Å²) in [7, 11) is 1.68. The maximum Gasteiger partial charge on any atom is 0.329 e. The molecule has 2 rings (SSSR count). The van der Waals surface area contributed by atoms with Gasteiger partial charge in [0.05, 0.1) is 6.04 Å². The van der Waals surface area contributed by atoms with Gasteiger partial charge in [0, 0.05) is 19.4 Å². The summed E-state index contributed by atoms with van der Waals surface area (Å²) < 4.78 is 5.29. The van der Waals surface area contributed by atoms with Crippen molar-refractivity contribution in [3.8, 4) is 0 Å². The molecule has 116 valence electrons. The minimum Gasteiger partial charge on any atom is -0.439 e. The highest BCUT2D eigenvalue weighted by Gasteiger charge is 2.46. The van der Waals surface area contributed by atoms with Gasteiger partial charge in [0.25, 0.3) is 0 Å². The molecule has 2 amide bonds. The average molecular weight is 312 g/mol. The van der Waals surface area contributed by atoms with Gasteiger partial charge < -0.3 is 9.64 Å². The molecule has 1 aliphatic heterocycles. The number of nitrogens with zero attached hydrogens (tertiary/aromatic N) is 4. The van der Waals surface area contributed by atoms with E-state index in [9.17, 15) is 9.59 Å². The molecule has 0 spiro atoms. The van der Waals surface area contributed by atoms with Crippen molar-refractivity contribution in [2.45, 2.75) is 52.3 Å². The normalized spacial score (nSPS) is 22.9. The topological polar surface area (TPSA) is 75.6 Å². The number of aromatic nitrogens is 2. The van der Waals surface area contributed by atoms with Crippen LogP contribution in [0.3, 0.4) is 0 Å². The largest absolute Gasteiger partial charge is 0.439 e. The predicted octanol–water partition coefficient (Wildman–Crippen LogP) is 1.99. The molecule has 1 aromatic rings. The van der Waals surface area contributed by atoms with Gasteiger partial charge >= 0.3 is 12.0 Å². The maximum atomic E-state index is 12.4. The molecule has 1 saturated heterocycles. The Labute approximate surface area is 127 Å². The monoisotopic (exact) mass is 312 g/mol. The van der Waals surface area contributed by atoms with E-state index in [2.05, 4.69) is 10.2 Å². The van der Waals surface area contributed by atoms with Gasteiger partial charge in [-0.2, -0.15) is 0 Å². The molecule has 0 unspecified atom stereocenters. The van der Waals surface area contributed by atoms with E-state index in [4.69, 9.17) is 4.74 Å². The lowest BCUT2D eigenvalue weighted by Gasteiger charge is -2.22. The van der Waals surface area contributed by atoms with Crippen LogP contribution in [0.25, 0.3) is 0 Å². The summed E-state index contributed by atoms with van der Waals surface area (Å²) in [5.74, 6) is -0.430. The van der Waals surface area contributed by atoms with Gasteiger partial charge in [-0.25, -0.2) is 9.69 Å². The minimum atomic E-state index is -0.680. The summed E-state index contributed by atoms with van der Waals surface area (Å²) >= 11 is 1.34. The highest BCUT2D eigenvalue weighted by atomic mass is 32.1. The fraction of sp³-hybridized carbons (Fsp3) is 0.692. The number of hydrogen-bond donors (Lipinski definition) is 0. The van der Waals surface area contributed by atoms with Crippen molar-refractivity contribution in [2.24, 2.45) is 0 Å². The third-order valence-corrected chi connectivity index (χ3v) is 4.68. The zero-order valence-electron chi connectivity index (χ0n) is 13.1. The summed E-state index contributed by atoms with van der Waals surface area (Å²) in [4.78, 5) is 26.6. The summed E-state index contributed by atoms with van der Waals surface area (Å²) in [6.07, 6.45) is -0.680. The van der Waals surface area contributed by atoms with Crippen molar-refractivity contribution >= 4 is 28.5 Å². The van der Waals surface area contributed by atoms with Gasteiger partial charge in [0.1, 0.15) is 5.01 Å². The Kier molecular flexibility index (Phi) is 3.92. The highest BCUT2D eigenvalue weighted by molar-refractivity contribution is 7.15. The van der Waals surface area contributed by atoms with Crippen LogP contribution in [-0.2, 0) is 14.9 Å². The molecule has 0 bridgehead atoms. The van der Waals surface area contributed by atoms with E-state index >= 15 is 0 Å². The number of ether oxygens (including phenoxy) is 1. The zero-order chi connectivity index (χ0) is 15.9. The van der Waals surface area contributed by atoms with Crippen molar-refractivity contribution in [3.63, 3.8) is 0 Å². The van der Waals surface area contributed by atoms with Crippen molar-refractivity contribution in [1.29, 1.82) is 0 Å². The zero-order valence-corrected chi connectivity index (χ0v) is 13.9. The average Bonchev–Trinajstić information content (AvgIpc) is 2.90. The van der Waals surface area contributed by atoms with E-state index < -0.39 is 12.2 Å². The maximum absolute atomic E-state index is 12.4. The van der Waals surface area contributed by atoms with Gasteiger partial charge in [-0.15, -0.1) is 10.2 Å². The van der Waals surface area contributed by atoms with Crippen LogP contribution in [0.2, 0.25) is 0 Å². The van der Waals surface area contributed by atoms with Crippen LogP contribution in [0.1, 0.15) is 39.6 Å². The molecular weight excluding hydrogens is 292 g/mol. The third-order valence-electron chi connectivity index (χ3n) is 3.33. The van der Waals surface area contributed by atoms with Crippen LogP contribution >= 0.6 is 11.3 Å². The summed E-state index contributed by atoms with van der Waals surface area (Å²) in [6.45, 7) is 9.25. The number of carbonyl (C=O) groups excluding carboxylic acids is 2. The molecule has 0 N–H and O–H groups in total. The van der Waals surface area contributed by atoms with Crippen LogP contribution in [0.15, 0.2) is 0 Å². The van der Waals surface area contributed by atoms with Crippen LogP contribution in [0.5, 0.6) is 0 Å². The van der Waals surface area contributed by atoms with Crippen LogP contribution in [-0.4, -0.2) is 46.4 Å². The lowest BCUT2D eigenvalue weighted by molar-refractivity contribution is -0.146. The van der Waals surface area contributed by atoms with Crippen molar-refractivity contribution in [2.75, 3.05) is 11.9 Å². The second kappa shape index (κ2) is 5.25.